The fourth-order valence-corrected chi connectivity index (χ4v) is 8.03. The maximum atomic E-state index is 13.9. The van der Waals surface area contributed by atoms with E-state index in [1.807, 2.05) is 90.9 Å². The topological polar surface area (TPSA) is 245 Å². The summed E-state index contributed by atoms with van der Waals surface area (Å²) in [5.74, 6) is -4.59. The number of nitrogens with zero attached hydrogens (tertiary/aromatic N) is 2. The van der Waals surface area contributed by atoms with Gasteiger partial charge in [-0.1, -0.05) is 104 Å². The lowest BCUT2D eigenvalue weighted by atomic mass is 9.84. The number of hydrogen-bond acceptors (Lipinski definition) is 10. The summed E-state index contributed by atoms with van der Waals surface area (Å²) in [5.41, 5.74) is 4.23. The van der Waals surface area contributed by atoms with Crippen LogP contribution in [0.25, 0.3) is 0 Å². The van der Waals surface area contributed by atoms with E-state index in [1.165, 1.54) is 6.92 Å². The quantitative estimate of drug-likeness (QED) is 0.0564. The van der Waals surface area contributed by atoms with E-state index in [4.69, 9.17) is 4.84 Å². The standard InChI is InChI=1S/C52H78N8O10/c1-31(2)40(55-50(67)45(52(8,9)10)57-49(66)44(59(11)12)34(6)37-17-14-13-15-18-37)29-33(5)46(63)58-70-30-36-21-23-39(24-22-36)54-47(64)35(7)53-48(65)43(32(3)4)56-41(61)19-16-20-42(62)60-27-25-38(26-28-60)51(68)69/h13-15,17-18,21-24,29,31-32,34-35,38,40,43-45H,16,19-20,25-28,30H2,1-12H3,(H,53,65)(H,54,64)(H,55,67)(H,56,61)(H,57,66)(H,58,63)(H,68,69). The first-order chi connectivity index (χ1) is 32.8. The van der Waals surface area contributed by atoms with Gasteiger partial charge < -0.3 is 36.6 Å². The van der Waals surface area contributed by atoms with Crippen LogP contribution in [0.5, 0.6) is 0 Å². The molecule has 0 radical (unpaired) electrons. The number of carbonyl (C=O) groups is 8. The van der Waals surface area contributed by atoms with Crippen LogP contribution in [0.3, 0.4) is 0 Å². The summed E-state index contributed by atoms with van der Waals surface area (Å²) in [7, 11) is 3.68. The van der Waals surface area contributed by atoms with Gasteiger partial charge in [0, 0.05) is 43.1 Å². The normalized spacial score (nSPS) is 16.0. The number of piperidine rings is 1. The number of hydrogen-bond donors (Lipinski definition) is 7. The van der Waals surface area contributed by atoms with E-state index >= 15 is 0 Å². The van der Waals surface area contributed by atoms with E-state index in [1.54, 1.807) is 56.0 Å². The Hall–Kier alpha value is -6.14. The molecule has 0 aliphatic carbocycles. The molecule has 0 aromatic heterocycles. The van der Waals surface area contributed by atoms with Gasteiger partial charge in [0.15, 0.2) is 0 Å². The Morgan fingerprint density at radius 2 is 1.39 bits per heavy atom. The van der Waals surface area contributed by atoms with Gasteiger partial charge in [0.25, 0.3) is 5.91 Å². The van der Waals surface area contributed by atoms with Gasteiger partial charge in [0.1, 0.15) is 18.1 Å². The predicted octanol–water partition coefficient (Wildman–Crippen LogP) is 4.66. The molecule has 18 nitrogen and oxygen atoms in total. The second kappa shape index (κ2) is 27.3. The van der Waals surface area contributed by atoms with Gasteiger partial charge in [-0.05, 0) is 87.7 Å². The molecule has 386 valence electrons. The Bertz CT molecular complexity index is 2130. The molecule has 0 spiro atoms. The Balaban J connectivity index is 1.48. The monoisotopic (exact) mass is 975 g/mol. The van der Waals surface area contributed by atoms with Crippen LogP contribution in [0.2, 0.25) is 0 Å². The number of anilines is 1. The van der Waals surface area contributed by atoms with Crippen molar-refractivity contribution < 1.29 is 48.3 Å². The number of likely N-dealkylation sites (tertiary alicyclic amines) is 1. The zero-order chi connectivity index (χ0) is 52.5. The van der Waals surface area contributed by atoms with Crippen molar-refractivity contribution in [2.24, 2.45) is 23.2 Å². The molecule has 2 aromatic rings. The Labute approximate surface area is 413 Å². The molecular formula is C52H78N8O10. The molecule has 1 heterocycles. The molecule has 1 aliphatic rings. The van der Waals surface area contributed by atoms with Crippen molar-refractivity contribution in [2.45, 2.75) is 144 Å². The molecule has 0 bridgehead atoms. The molecule has 7 N–H and O–H groups in total. The van der Waals surface area contributed by atoms with Crippen LogP contribution < -0.4 is 32.1 Å². The highest BCUT2D eigenvalue weighted by Crippen LogP contribution is 2.25. The predicted molar refractivity (Wildman–Crippen MR) is 267 cm³/mol. The number of rotatable bonds is 24. The zero-order valence-corrected chi connectivity index (χ0v) is 43.1. The highest BCUT2D eigenvalue weighted by molar-refractivity contribution is 5.98. The lowest BCUT2D eigenvalue weighted by Crippen LogP contribution is -2.59. The van der Waals surface area contributed by atoms with Crippen molar-refractivity contribution in [3.05, 3.63) is 77.4 Å². The Morgan fingerprint density at radius 1 is 0.771 bits per heavy atom. The first-order valence-electron chi connectivity index (χ1n) is 24.2. The summed E-state index contributed by atoms with van der Waals surface area (Å²) < 4.78 is 0. The number of benzene rings is 2. The second-order valence-electron chi connectivity index (χ2n) is 20.3. The lowest BCUT2D eigenvalue weighted by molar-refractivity contribution is -0.145. The van der Waals surface area contributed by atoms with Crippen LogP contribution in [0, 0.1) is 23.2 Å². The number of carbonyl (C=O) groups excluding carboxylic acids is 7. The molecule has 6 unspecified atom stereocenters. The van der Waals surface area contributed by atoms with Crippen LogP contribution in [0.15, 0.2) is 66.2 Å². The van der Waals surface area contributed by atoms with Gasteiger partial charge in [0.05, 0.1) is 24.6 Å². The van der Waals surface area contributed by atoms with Gasteiger partial charge >= 0.3 is 5.97 Å². The minimum Gasteiger partial charge on any atom is -0.481 e. The smallest absolute Gasteiger partial charge is 0.306 e. The third-order valence-corrected chi connectivity index (χ3v) is 12.5. The number of amides is 7. The highest BCUT2D eigenvalue weighted by Gasteiger charge is 2.38. The van der Waals surface area contributed by atoms with Crippen LogP contribution in [0.1, 0.15) is 118 Å². The Kier molecular flexibility index (Phi) is 22.7. The maximum absolute atomic E-state index is 13.9. The molecule has 0 saturated carbocycles. The average molecular weight is 975 g/mol. The van der Waals surface area contributed by atoms with E-state index in [9.17, 15) is 43.5 Å². The summed E-state index contributed by atoms with van der Waals surface area (Å²) in [6.45, 7) is 18.9. The molecule has 1 aliphatic heterocycles. The molecule has 1 saturated heterocycles. The lowest BCUT2D eigenvalue weighted by Gasteiger charge is -2.36. The first-order valence-corrected chi connectivity index (χ1v) is 24.2. The van der Waals surface area contributed by atoms with Gasteiger partial charge in [-0.15, -0.1) is 0 Å². The molecule has 7 amide bonds. The minimum absolute atomic E-state index is 0.000113. The summed E-state index contributed by atoms with van der Waals surface area (Å²) in [5, 5.41) is 23.4. The van der Waals surface area contributed by atoms with Crippen molar-refractivity contribution in [2.75, 3.05) is 32.5 Å². The number of aliphatic carboxylic acids is 1. The van der Waals surface area contributed by atoms with Gasteiger partial charge in [0.2, 0.25) is 35.4 Å². The molecule has 70 heavy (non-hydrogen) atoms. The fraction of sp³-hybridized carbons (Fsp3) is 0.577. The third kappa shape index (κ3) is 18.3. The van der Waals surface area contributed by atoms with Gasteiger partial charge in [-0.2, -0.15) is 0 Å². The fourth-order valence-electron chi connectivity index (χ4n) is 8.03. The number of nitrogens with one attached hydrogen (secondary N) is 6. The third-order valence-electron chi connectivity index (χ3n) is 12.5. The first kappa shape index (κ1) is 58.2. The van der Waals surface area contributed by atoms with Gasteiger partial charge in [-0.25, -0.2) is 5.48 Å². The number of hydroxylamine groups is 1. The summed E-state index contributed by atoms with van der Waals surface area (Å²) >= 11 is 0. The number of likely N-dealkylation sites (N-methyl/N-ethyl adjacent to an activating group) is 1. The van der Waals surface area contributed by atoms with Crippen LogP contribution in [-0.4, -0.2) is 120 Å². The number of carboxylic acid groups (broad SMARTS) is 1. The molecule has 1 fully saturated rings. The van der Waals surface area contributed by atoms with E-state index < -0.39 is 71.1 Å². The number of carboxylic acids is 1. The molecule has 18 heteroatoms. The molecule has 2 aromatic carbocycles. The van der Waals surface area contributed by atoms with E-state index in [2.05, 4.69) is 32.1 Å². The van der Waals surface area contributed by atoms with Crippen LogP contribution in [0.4, 0.5) is 5.69 Å². The SMILES string of the molecule is CC(=CC(NC(=O)C(NC(=O)C(C(C)c1ccccc1)N(C)C)C(C)(C)C)C(C)C)C(=O)NOCc1ccc(NC(=O)C(C)NC(=O)C(NC(=O)CCCC(=O)N2CCC(C(=O)O)CC2)C(C)C)cc1. The zero-order valence-electron chi connectivity index (χ0n) is 43.1. The van der Waals surface area contributed by atoms with E-state index in [0.29, 0.717) is 42.8 Å². The van der Waals surface area contributed by atoms with Crippen molar-refractivity contribution in [3.8, 4) is 0 Å². The van der Waals surface area contributed by atoms with Gasteiger partial charge in [-0.3, -0.25) is 48.1 Å². The largest absolute Gasteiger partial charge is 0.481 e. The molecule has 6 atom stereocenters. The summed E-state index contributed by atoms with van der Waals surface area (Å²) in [6, 6.07) is 12.6. The maximum Gasteiger partial charge on any atom is 0.306 e. The van der Waals surface area contributed by atoms with Crippen molar-refractivity contribution in [3.63, 3.8) is 0 Å². The van der Waals surface area contributed by atoms with Crippen molar-refractivity contribution >= 4 is 53.0 Å². The van der Waals surface area contributed by atoms with Crippen LogP contribution >= 0.6 is 0 Å². The minimum atomic E-state index is -0.956. The van der Waals surface area contributed by atoms with E-state index in [0.717, 1.165) is 5.56 Å². The average Bonchev–Trinajstić information content (AvgIpc) is 3.29. The summed E-state index contributed by atoms with van der Waals surface area (Å²) in [6.07, 6.45) is 2.88. The van der Waals surface area contributed by atoms with Crippen LogP contribution in [-0.2, 0) is 49.8 Å². The second-order valence-corrected chi connectivity index (χ2v) is 20.3. The molecule has 3 rings (SSSR count). The van der Waals surface area contributed by atoms with E-state index in [-0.39, 0.29) is 61.3 Å². The molecular weight excluding hydrogens is 897 g/mol. The highest BCUT2D eigenvalue weighted by atomic mass is 16.6. The Morgan fingerprint density at radius 3 is 1.93 bits per heavy atom. The van der Waals surface area contributed by atoms with Crippen molar-refractivity contribution in [1.82, 2.24) is 36.5 Å². The van der Waals surface area contributed by atoms with Crippen molar-refractivity contribution in [1.29, 1.82) is 0 Å². The summed E-state index contributed by atoms with van der Waals surface area (Å²) in [4.78, 5) is 113.